The van der Waals surface area contributed by atoms with Crippen LogP contribution in [-0.2, 0) is 0 Å². The van der Waals surface area contributed by atoms with Gasteiger partial charge in [0.25, 0.3) is 5.91 Å². The summed E-state index contributed by atoms with van der Waals surface area (Å²) in [5.41, 5.74) is 5.34. The number of carbonyl (C=O) groups excluding carboxylic acids is 1. The Morgan fingerprint density at radius 1 is 1.45 bits per heavy atom. The molecule has 0 aromatic heterocycles. The maximum atomic E-state index is 12.1. The van der Waals surface area contributed by atoms with Crippen molar-refractivity contribution in [1.82, 2.24) is 4.90 Å². The summed E-state index contributed by atoms with van der Waals surface area (Å²) in [5.74, 6) is -0.928. The zero-order chi connectivity index (χ0) is 14.9. The van der Waals surface area contributed by atoms with E-state index in [9.17, 15) is 23.1 Å². The van der Waals surface area contributed by atoms with Gasteiger partial charge in [-0.3, -0.25) is 4.79 Å². The number of ether oxygens (including phenoxy) is 1. The number of hydrogen-bond donors (Lipinski definition) is 2. The van der Waals surface area contributed by atoms with E-state index in [4.69, 9.17) is 5.73 Å². The smallest absolute Gasteiger partial charge is 0.404 e. The van der Waals surface area contributed by atoms with Crippen molar-refractivity contribution in [2.75, 3.05) is 18.8 Å². The predicted octanol–water partition coefficient (Wildman–Crippen LogP) is 1.37. The SMILES string of the molecule is Nc1cc(C(=O)N2CCC(O)C2)ccc1OC(F)(F)F. The van der Waals surface area contributed by atoms with Gasteiger partial charge in [0.1, 0.15) is 0 Å². The van der Waals surface area contributed by atoms with E-state index in [1.165, 1.54) is 11.0 Å². The van der Waals surface area contributed by atoms with Crippen molar-refractivity contribution >= 4 is 11.6 Å². The van der Waals surface area contributed by atoms with E-state index >= 15 is 0 Å². The molecule has 0 spiro atoms. The van der Waals surface area contributed by atoms with Crippen LogP contribution in [0.5, 0.6) is 5.75 Å². The highest BCUT2D eigenvalue weighted by Crippen LogP contribution is 2.29. The number of benzene rings is 1. The van der Waals surface area contributed by atoms with Gasteiger partial charge in [-0.1, -0.05) is 0 Å². The Morgan fingerprint density at radius 2 is 2.15 bits per heavy atom. The van der Waals surface area contributed by atoms with E-state index in [0.29, 0.717) is 13.0 Å². The van der Waals surface area contributed by atoms with Crippen LogP contribution in [0.15, 0.2) is 18.2 Å². The number of halogens is 3. The number of aliphatic hydroxyl groups is 1. The number of β-amino-alcohol motifs (C(OH)–C–C–N with tert-alkyl or cyclic N) is 1. The molecule has 0 radical (unpaired) electrons. The van der Waals surface area contributed by atoms with Gasteiger partial charge in [0.15, 0.2) is 5.75 Å². The first-order valence-corrected chi connectivity index (χ1v) is 5.89. The van der Waals surface area contributed by atoms with Crippen molar-refractivity contribution in [2.45, 2.75) is 18.9 Å². The average molecular weight is 290 g/mol. The number of amides is 1. The number of aliphatic hydroxyl groups excluding tert-OH is 1. The molecule has 20 heavy (non-hydrogen) atoms. The molecular weight excluding hydrogens is 277 g/mol. The van der Waals surface area contributed by atoms with Crippen LogP contribution in [0.3, 0.4) is 0 Å². The highest BCUT2D eigenvalue weighted by molar-refractivity contribution is 5.95. The Labute approximate surface area is 112 Å². The Hall–Kier alpha value is -1.96. The number of nitrogen functional groups attached to an aromatic ring is 1. The molecule has 1 fully saturated rings. The Balaban J connectivity index is 2.14. The van der Waals surface area contributed by atoms with Crippen molar-refractivity contribution < 1.29 is 27.8 Å². The molecule has 8 heteroatoms. The zero-order valence-electron chi connectivity index (χ0n) is 10.4. The number of hydrogen-bond acceptors (Lipinski definition) is 4. The molecule has 110 valence electrons. The Bertz CT molecular complexity index is 519. The molecule has 1 aliphatic heterocycles. The normalized spacial score (nSPS) is 19.2. The molecule has 1 heterocycles. The third-order valence-corrected chi connectivity index (χ3v) is 2.93. The molecule has 5 nitrogen and oxygen atoms in total. The van der Waals surface area contributed by atoms with Crippen molar-refractivity contribution in [3.05, 3.63) is 23.8 Å². The van der Waals surface area contributed by atoms with Crippen molar-refractivity contribution in [2.24, 2.45) is 0 Å². The van der Waals surface area contributed by atoms with E-state index in [1.54, 1.807) is 0 Å². The number of rotatable bonds is 2. The number of nitrogens with two attached hydrogens (primary N) is 1. The summed E-state index contributed by atoms with van der Waals surface area (Å²) in [6.45, 7) is 0.611. The van der Waals surface area contributed by atoms with Gasteiger partial charge in [-0.25, -0.2) is 0 Å². The van der Waals surface area contributed by atoms with Crippen LogP contribution in [-0.4, -0.2) is 41.5 Å². The molecule has 1 saturated heterocycles. The van der Waals surface area contributed by atoms with Crippen LogP contribution >= 0.6 is 0 Å². The van der Waals surface area contributed by atoms with Gasteiger partial charge in [-0.05, 0) is 24.6 Å². The quantitative estimate of drug-likeness (QED) is 0.807. The fraction of sp³-hybridized carbons (Fsp3) is 0.417. The van der Waals surface area contributed by atoms with Gasteiger partial charge >= 0.3 is 6.36 Å². The lowest BCUT2D eigenvalue weighted by molar-refractivity contribution is -0.274. The fourth-order valence-corrected chi connectivity index (χ4v) is 2.01. The van der Waals surface area contributed by atoms with Gasteiger partial charge < -0.3 is 20.5 Å². The van der Waals surface area contributed by atoms with Crippen LogP contribution in [0.4, 0.5) is 18.9 Å². The molecule has 0 saturated carbocycles. The lowest BCUT2D eigenvalue weighted by Crippen LogP contribution is -2.29. The summed E-state index contributed by atoms with van der Waals surface area (Å²) in [7, 11) is 0. The minimum atomic E-state index is -4.83. The molecule has 3 N–H and O–H groups in total. The number of nitrogens with zero attached hydrogens (tertiary/aromatic N) is 1. The van der Waals surface area contributed by atoms with Gasteiger partial charge in [0.05, 0.1) is 11.8 Å². The first kappa shape index (κ1) is 14.4. The lowest BCUT2D eigenvalue weighted by atomic mass is 10.1. The topological polar surface area (TPSA) is 75.8 Å². The van der Waals surface area contributed by atoms with Gasteiger partial charge in [-0.2, -0.15) is 0 Å². The summed E-state index contributed by atoms with van der Waals surface area (Å²) in [6.07, 6.45) is -4.92. The van der Waals surface area contributed by atoms with Crippen LogP contribution in [0, 0.1) is 0 Å². The minimum Gasteiger partial charge on any atom is -0.404 e. The lowest BCUT2D eigenvalue weighted by Gasteiger charge is -2.17. The summed E-state index contributed by atoms with van der Waals surface area (Å²) in [5, 5.41) is 9.36. The van der Waals surface area contributed by atoms with Crippen LogP contribution in [0.25, 0.3) is 0 Å². The number of alkyl halides is 3. The standard InChI is InChI=1S/C12H13F3N2O3/c13-12(14,15)20-10-2-1-7(5-9(10)16)11(19)17-4-3-8(18)6-17/h1-2,5,8,18H,3-4,6,16H2. The largest absolute Gasteiger partial charge is 0.573 e. The van der Waals surface area contributed by atoms with E-state index in [0.717, 1.165) is 12.1 Å². The number of likely N-dealkylation sites (tertiary alicyclic amines) is 1. The monoisotopic (exact) mass is 290 g/mol. The number of carbonyl (C=O) groups is 1. The number of anilines is 1. The van der Waals surface area contributed by atoms with Crippen LogP contribution in [0.2, 0.25) is 0 Å². The van der Waals surface area contributed by atoms with Crippen LogP contribution in [0.1, 0.15) is 16.8 Å². The van der Waals surface area contributed by atoms with Gasteiger partial charge in [-0.15, -0.1) is 13.2 Å². The summed E-state index contributed by atoms with van der Waals surface area (Å²) >= 11 is 0. The maximum Gasteiger partial charge on any atom is 0.573 e. The summed E-state index contributed by atoms with van der Waals surface area (Å²) < 4.78 is 40.0. The first-order valence-electron chi connectivity index (χ1n) is 5.89. The van der Waals surface area contributed by atoms with E-state index in [2.05, 4.69) is 4.74 Å². The molecular formula is C12H13F3N2O3. The molecule has 1 atom stereocenters. The molecule has 2 rings (SSSR count). The highest BCUT2D eigenvalue weighted by atomic mass is 19.4. The second-order valence-electron chi connectivity index (χ2n) is 4.49. The Morgan fingerprint density at radius 3 is 2.65 bits per heavy atom. The first-order chi connectivity index (χ1) is 9.26. The third kappa shape index (κ3) is 3.32. The van der Waals surface area contributed by atoms with Crippen molar-refractivity contribution in [1.29, 1.82) is 0 Å². The predicted molar refractivity (Wildman–Crippen MR) is 64.1 cm³/mol. The van der Waals surface area contributed by atoms with E-state index in [1.807, 2.05) is 0 Å². The Kier molecular flexibility index (Phi) is 3.76. The van der Waals surface area contributed by atoms with E-state index < -0.39 is 18.2 Å². The minimum absolute atomic E-state index is 0.158. The summed E-state index contributed by atoms with van der Waals surface area (Å²) in [4.78, 5) is 13.5. The van der Waals surface area contributed by atoms with Crippen molar-refractivity contribution in [3.8, 4) is 5.75 Å². The molecule has 0 aliphatic carbocycles. The molecule has 0 bridgehead atoms. The van der Waals surface area contributed by atoms with Gasteiger partial charge in [0, 0.05) is 18.7 Å². The second-order valence-corrected chi connectivity index (χ2v) is 4.49. The fourth-order valence-electron chi connectivity index (χ4n) is 2.01. The molecule has 1 unspecified atom stereocenters. The summed E-state index contributed by atoms with van der Waals surface area (Å²) in [6, 6.07) is 3.35. The average Bonchev–Trinajstić information content (AvgIpc) is 2.76. The second kappa shape index (κ2) is 5.20. The molecule has 1 aromatic carbocycles. The molecule has 1 aromatic rings. The van der Waals surface area contributed by atoms with Crippen molar-refractivity contribution in [3.63, 3.8) is 0 Å². The van der Waals surface area contributed by atoms with Gasteiger partial charge in [0.2, 0.25) is 0 Å². The van der Waals surface area contributed by atoms with Crippen LogP contribution < -0.4 is 10.5 Å². The third-order valence-electron chi connectivity index (χ3n) is 2.93. The van der Waals surface area contributed by atoms with E-state index in [-0.39, 0.29) is 23.7 Å². The molecule has 1 aliphatic rings. The highest BCUT2D eigenvalue weighted by Gasteiger charge is 2.32. The maximum absolute atomic E-state index is 12.1. The molecule has 1 amide bonds. The zero-order valence-corrected chi connectivity index (χ0v) is 10.4.